The van der Waals surface area contributed by atoms with Crippen LogP contribution in [0.5, 0.6) is 0 Å². The van der Waals surface area contributed by atoms with Crippen LogP contribution in [0, 0.1) is 6.92 Å². The largest absolute Gasteiger partial charge is 0.378 e. The van der Waals surface area contributed by atoms with E-state index in [2.05, 4.69) is 21.2 Å². The van der Waals surface area contributed by atoms with E-state index in [1.54, 1.807) is 0 Å². The molecule has 0 saturated carbocycles. The predicted octanol–water partition coefficient (Wildman–Crippen LogP) is 1.93. The number of rotatable bonds is 2. The van der Waals surface area contributed by atoms with Gasteiger partial charge in [0.15, 0.2) is 5.78 Å². The highest BCUT2D eigenvalue weighted by molar-refractivity contribution is 9.10. The summed E-state index contributed by atoms with van der Waals surface area (Å²) in [6.45, 7) is 3.83. The lowest BCUT2D eigenvalue weighted by Crippen LogP contribution is -2.46. The van der Waals surface area contributed by atoms with Gasteiger partial charge in [-0.15, -0.1) is 0 Å². The average molecular weight is 284 g/mol. The zero-order chi connectivity index (χ0) is 11.5. The Morgan fingerprint density at radius 1 is 1.56 bits per heavy atom. The molecule has 1 fully saturated rings. The second-order valence-corrected chi connectivity index (χ2v) is 4.82. The van der Waals surface area contributed by atoms with E-state index < -0.39 is 0 Å². The standard InChI is InChI=1S/C12H14BrNO2/c1-8-2-3-9(13)6-10(8)12(15)11-7-16-5-4-14-11/h2-3,6,11,14H,4-5,7H2,1H3. The molecule has 2 rings (SSSR count). The Hall–Kier alpha value is -0.710. The van der Waals surface area contributed by atoms with Crippen molar-refractivity contribution in [2.24, 2.45) is 0 Å². The van der Waals surface area contributed by atoms with Crippen molar-refractivity contribution in [3.05, 3.63) is 33.8 Å². The fourth-order valence-corrected chi connectivity index (χ4v) is 2.14. The molecule has 16 heavy (non-hydrogen) atoms. The molecule has 1 atom stereocenters. The molecule has 0 aliphatic carbocycles. The summed E-state index contributed by atoms with van der Waals surface area (Å²) in [5.74, 6) is 0.110. The van der Waals surface area contributed by atoms with Crippen molar-refractivity contribution in [3.8, 4) is 0 Å². The molecule has 0 amide bonds. The van der Waals surface area contributed by atoms with Gasteiger partial charge in [0, 0.05) is 16.6 Å². The first-order chi connectivity index (χ1) is 7.68. The van der Waals surface area contributed by atoms with Crippen LogP contribution < -0.4 is 5.32 Å². The van der Waals surface area contributed by atoms with Crippen molar-refractivity contribution < 1.29 is 9.53 Å². The molecule has 86 valence electrons. The Labute approximate surface area is 103 Å². The van der Waals surface area contributed by atoms with Crippen molar-refractivity contribution in [1.29, 1.82) is 0 Å². The van der Waals surface area contributed by atoms with Gasteiger partial charge in [-0.1, -0.05) is 22.0 Å². The van der Waals surface area contributed by atoms with Gasteiger partial charge in [-0.2, -0.15) is 0 Å². The van der Waals surface area contributed by atoms with Crippen LogP contribution in [0.15, 0.2) is 22.7 Å². The van der Waals surface area contributed by atoms with Gasteiger partial charge in [0.2, 0.25) is 0 Å². The van der Waals surface area contributed by atoms with Gasteiger partial charge in [0.05, 0.1) is 19.3 Å². The van der Waals surface area contributed by atoms with Crippen molar-refractivity contribution >= 4 is 21.7 Å². The fourth-order valence-electron chi connectivity index (χ4n) is 1.78. The number of ketones is 1. The van der Waals surface area contributed by atoms with Gasteiger partial charge in [-0.25, -0.2) is 0 Å². The summed E-state index contributed by atoms with van der Waals surface area (Å²) in [6.07, 6.45) is 0. The summed E-state index contributed by atoms with van der Waals surface area (Å²) in [5, 5.41) is 3.17. The zero-order valence-corrected chi connectivity index (χ0v) is 10.7. The first-order valence-electron chi connectivity index (χ1n) is 5.30. The maximum Gasteiger partial charge on any atom is 0.182 e. The van der Waals surface area contributed by atoms with Gasteiger partial charge in [0.25, 0.3) is 0 Å². The minimum Gasteiger partial charge on any atom is -0.378 e. The second kappa shape index (κ2) is 5.08. The Balaban J connectivity index is 2.22. The van der Waals surface area contributed by atoms with E-state index >= 15 is 0 Å². The van der Waals surface area contributed by atoms with Crippen LogP contribution in [0.2, 0.25) is 0 Å². The molecule has 4 heteroatoms. The van der Waals surface area contributed by atoms with Crippen LogP contribution in [0.25, 0.3) is 0 Å². The molecule has 0 bridgehead atoms. The van der Waals surface area contributed by atoms with Crippen LogP contribution in [0.4, 0.5) is 0 Å². The predicted molar refractivity (Wildman–Crippen MR) is 65.8 cm³/mol. The highest BCUT2D eigenvalue weighted by atomic mass is 79.9. The number of nitrogens with one attached hydrogen (secondary N) is 1. The molecule has 1 aromatic carbocycles. The number of benzene rings is 1. The molecule has 1 aliphatic rings. The number of ether oxygens (including phenoxy) is 1. The van der Waals surface area contributed by atoms with Gasteiger partial charge >= 0.3 is 0 Å². The summed E-state index contributed by atoms with van der Waals surface area (Å²) < 4.78 is 6.23. The van der Waals surface area contributed by atoms with E-state index in [-0.39, 0.29) is 11.8 Å². The van der Waals surface area contributed by atoms with E-state index in [1.807, 2.05) is 25.1 Å². The highest BCUT2D eigenvalue weighted by Gasteiger charge is 2.23. The maximum absolute atomic E-state index is 12.2. The Bertz CT molecular complexity index is 400. The molecule has 3 nitrogen and oxygen atoms in total. The van der Waals surface area contributed by atoms with Gasteiger partial charge in [-0.3, -0.25) is 4.79 Å². The molecule has 1 heterocycles. The summed E-state index contributed by atoms with van der Waals surface area (Å²) in [4.78, 5) is 12.2. The number of hydrogen-bond donors (Lipinski definition) is 1. The smallest absolute Gasteiger partial charge is 0.182 e. The summed E-state index contributed by atoms with van der Waals surface area (Å²) in [6, 6.07) is 5.55. The molecule has 0 spiro atoms. The summed E-state index contributed by atoms with van der Waals surface area (Å²) in [5.41, 5.74) is 1.76. The molecule has 0 aromatic heterocycles. The van der Waals surface area contributed by atoms with E-state index in [9.17, 15) is 4.79 Å². The van der Waals surface area contributed by atoms with Crippen LogP contribution in [0.1, 0.15) is 15.9 Å². The second-order valence-electron chi connectivity index (χ2n) is 3.91. The number of carbonyl (C=O) groups excluding carboxylic acids is 1. The molecule has 1 unspecified atom stereocenters. The summed E-state index contributed by atoms with van der Waals surface area (Å²) >= 11 is 3.38. The van der Waals surface area contributed by atoms with Crippen LogP contribution in [0.3, 0.4) is 0 Å². The number of halogens is 1. The van der Waals surface area contributed by atoms with Crippen molar-refractivity contribution in [3.63, 3.8) is 0 Å². The third kappa shape index (κ3) is 2.51. The number of aryl methyl sites for hydroxylation is 1. The number of hydrogen-bond acceptors (Lipinski definition) is 3. The Morgan fingerprint density at radius 3 is 3.06 bits per heavy atom. The van der Waals surface area contributed by atoms with Crippen LogP contribution in [-0.2, 0) is 4.74 Å². The monoisotopic (exact) mass is 283 g/mol. The number of Topliss-reactive ketones (excluding diaryl/α,β-unsaturated/α-hetero) is 1. The quantitative estimate of drug-likeness (QED) is 0.843. The molecular formula is C12H14BrNO2. The van der Waals surface area contributed by atoms with Crippen LogP contribution in [-0.4, -0.2) is 31.6 Å². The first-order valence-corrected chi connectivity index (χ1v) is 6.09. The number of carbonyl (C=O) groups is 1. The van der Waals surface area contributed by atoms with E-state index in [4.69, 9.17) is 4.74 Å². The molecule has 1 aliphatic heterocycles. The van der Waals surface area contributed by atoms with Gasteiger partial charge in [0.1, 0.15) is 0 Å². The topological polar surface area (TPSA) is 38.3 Å². The lowest BCUT2D eigenvalue weighted by Gasteiger charge is -2.23. The fraction of sp³-hybridized carbons (Fsp3) is 0.417. The third-order valence-corrected chi connectivity index (χ3v) is 3.20. The lowest BCUT2D eigenvalue weighted by atomic mass is 9.99. The molecule has 0 radical (unpaired) electrons. The molecule has 1 saturated heterocycles. The van der Waals surface area contributed by atoms with E-state index in [0.29, 0.717) is 13.2 Å². The van der Waals surface area contributed by atoms with Crippen molar-refractivity contribution in [2.45, 2.75) is 13.0 Å². The minimum atomic E-state index is -0.207. The maximum atomic E-state index is 12.2. The normalized spacial score (nSPS) is 20.8. The van der Waals surface area contributed by atoms with Gasteiger partial charge < -0.3 is 10.1 Å². The molecular weight excluding hydrogens is 270 g/mol. The van der Waals surface area contributed by atoms with E-state index in [1.165, 1.54) is 0 Å². The third-order valence-electron chi connectivity index (χ3n) is 2.70. The van der Waals surface area contributed by atoms with Crippen LogP contribution >= 0.6 is 15.9 Å². The van der Waals surface area contributed by atoms with E-state index in [0.717, 1.165) is 22.1 Å². The first kappa shape index (κ1) is 11.8. The zero-order valence-electron chi connectivity index (χ0n) is 9.13. The Kier molecular flexibility index (Phi) is 3.74. The van der Waals surface area contributed by atoms with Gasteiger partial charge in [-0.05, 0) is 24.6 Å². The highest BCUT2D eigenvalue weighted by Crippen LogP contribution is 2.18. The summed E-state index contributed by atoms with van der Waals surface area (Å²) in [7, 11) is 0. The Morgan fingerprint density at radius 2 is 2.38 bits per heavy atom. The van der Waals surface area contributed by atoms with Crippen molar-refractivity contribution in [2.75, 3.05) is 19.8 Å². The average Bonchev–Trinajstić information content (AvgIpc) is 2.32. The molecule has 1 N–H and O–H groups in total. The van der Waals surface area contributed by atoms with Crippen molar-refractivity contribution in [1.82, 2.24) is 5.32 Å². The lowest BCUT2D eigenvalue weighted by molar-refractivity contribution is 0.0607. The number of morpholine rings is 1. The SMILES string of the molecule is Cc1ccc(Br)cc1C(=O)C1COCCN1. The molecule has 1 aromatic rings. The minimum absolute atomic E-state index is 0.110.